The van der Waals surface area contributed by atoms with Gasteiger partial charge in [-0.15, -0.1) is 5.10 Å². The van der Waals surface area contributed by atoms with Crippen LogP contribution in [0, 0.1) is 5.92 Å². The van der Waals surface area contributed by atoms with Crippen molar-refractivity contribution in [3.8, 4) is 5.69 Å². The molecule has 0 bridgehead atoms. The van der Waals surface area contributed by atoms with Crippen LogP contribution in [0.15, 0.2) is 30.3 Å². The molecular weight excluding hydrogens is 308 g/mol. The molecule has 0 saturated carbocycles. The minimum Gasteiger partial charge on any atom is -0.469 e. The van der Waals surface area contributed by atoms with E-state index in [1.165, 1.54) is 18.7 Å². The van der Waals surface area contributed by atoms with Gasteiger partial charge in [0.15, 0.2) is 15.7 Å². The summed E-state index contributed by atoms with van der Waals surface area (Å²) in [4.78, 5) is 11.3. The van der Waals surface area contributed by atoms with Gasteiger partial charge in [0.2, 0.25) is 0 Å². The number of nitrogens with zero attached hydrogens (tertiary/aromatic N) is 4. The number of rotatable bonds is 6. The molecule has 2 rings (SSSR count). The molecule has 0 fully saturated rings. The Morgan fingerprint density at radius 3 is 2.64 bits per heavy atom. The quantitative estimate of drug-likeness (QED) is 0.708. The lowest BCUT2D eigenvalue weighted by atomic mass is 10.2. The lowest BCUT2D eigenvalue weighted by Crippen LogP contribution is -2.24. The van der Waals surface area contributed by atoms with Crippen molar-refractivity contribution in [2.75, 3.05) is 12.9 Å². The van der Waals surface area contributed by atoms with Crippen molar-refractivity contribution in [2.45, 2.75) is 12.7 Å². The van der Waals surface area contributed by atoms with Crippen LogP contribution in [0.5, 0.6) is 0 Å². The SMILES string of the molecule is COC(=O)[C@@H](C)CS(=O)(=O)Cc1nnnn1-c1ccccc1. The van der Waals surface area contributed by atoms with Gasteiger partial charge in [0, 0.05) is 0 Å². The molecule has 1 heterocycles. The number of benzene rings is 1. The van der Waals surface area contributed by atoms with Crippen molar-refractivity contribution in [3.63, 3.8) is 0 Å². The number of esters is 1. The number of hydrogen-bond acceptors (Lipinski definition) is 7. The van der Waals surface area contributed by atoms with Gasteiger partial charge in [-0.1, -0.05) is 25.1 Å². The van der Waals surface area contributed by atoms with Crippen molar-refractivity contribution >= 4 is 15.8 Å². The maximum Gasteiger partial charge on any atom is 0.309 e. The highest BCUT2D eigenvalue weighted by atomic mass is 32.2. The number of aromatic nitrogens is 4. The van der Waals surface area contributed by atoms with Crippen LogP contribution in [0.3, 0.4) is 0 Å². The minimum absolute atomic E-state index is 0.197. The molecule has 1 aromatic carbocycles. The standard InChI is InChI=1S/C13H16N4O4S/c1-10(13(18)21-2)8-22(19,20)9-12-14-15-16-17(12)11-6-4-3-5-7-11/h3-7,10H,8-9H2,1-2H3/t10-/m0/s1. The number of carbonyl (C=O) groups is 1. The van der Waals surface area contributed by atoms with Gasteiger partial charge >= 0.3 is 5.97 Å². The minimum atomic E-state index is -3.55. The van der Waals surface area contributed by atoms with Crippen LogP contribution in [-0.2, 0) is 25.1 Å². The second-order valence-electron chi connectivity index (χ2n) is 4.82. The Morgan fingerprint density at radius 2 is 2.00 bits per heavy atom. The number of para-hydroxylation sites is 1. The van der Waals surface area contributed by atoms with Crippen LogP contribution < -0.4 is 0 Å². The summed E-state index contributed by atoms with van der Waals surface area (Å²) in [6.45, 7) is 1.50. The Kier molecular flexibility index (Phi) is 4.86. The molecule has 9 heteroatoms. The predicted octanol–water partition coefficient (Wildman–Crippen LogP) is 0.386. The van der Waals surface area contributed by atoms with Crippen LogP contribution in [-0.4, -0.2) is 47.5 Å². The molecule has 2 aromatic rings. The van der Waals surface area contributed by atoms with Gasteiger partial charge in [0.25, 0.3) is 0 Å². The summed E-state index contributed by atoms with van der Waals surface area (Å²) < 4.78 is 30.3. The van der Waals surface area contributed by atoms with E-state index in [2.05, 4.69) is 20.3 Å². The molecule has 0 radical (unpaired) electrons. The highest BCUT2D eigenvalue weighted by Crippen LogP contribution is 2.12. The topological polar surface area (TPSA) is 104 Å². The van der Waals surface area contributed by atoms with Crippen molar-refractivity contribution in [2.24, 2.45) is 5.92 Å². The lowest BCUT2D eigenvalue weighted by Gasteiger charge is -2.10. The maximum atomic E-state index is 12.2. The van der Waals surface area contributed by atoms with E-state index in [-0.39, 0.29) is 17.3 Å². The Morgan fingerprint density at radius 1 is 1.32 bits per heavy atom. The molecule has 1 atom stereocenters. The molecule has 1 aromatic heterocycles. The first-order valence-electron chi connectivity index (χ1n) is 6.54. The van der Waals surface area contributed by atoms with Gasteiger partial charge in [-0.25, -0.2) is 8.42 Å². The zero-order valence-corrected chi connectivity index (χ0v) is 13.0. The molecule has 8 nitrogen and oxygen atoms in total. The summed E-state index contributed by atoms with van der Waals surface area (Å²) in [6.07, 6.45) is 0. The van der Waals surface area contributed by atoms with Crippen LogP contribution in [0.25, 0.3) is 5.69 Å². The van der Waals surface area contributed by atoms with Crippen LogP contribution in [0.1, 0.15) is 12.7 Å². The molecule has 0 aliphatic rings. The van der Waals surface area contributed by atoms with Crippen LogP contribution in [0.4, 0.5) is 0 Å². The van der Waals surface area contributed by atoms with Crippen LogP contribution in [0.2, 0.25) is 0 Å². The van der Waals surface area contributed by atoms with E-state index in [1.54, 1.807) is 24.3 Å². The number of ether oxygens (including phenoxy) is 1. The van der Waals surface area contributed by atoms with E-state index in [1.807, 2.05) is 6.07 Å². The third-order valence-corrected chi connectivity index (χ3v) is 4.70. The first-order chi connectivity index (χ1) is 10.4. The number of methoxy groups -OCH3 is 1. The summed E-state index contributed by atoms with van der Waals surface area (Å²) in [5.74, 6) is -1.78. The maximum absolute atomic E-state index is 12.2. The number of carbonyl (C=O) groups excluding carboxylic acids is 1. The average Bonchev–Trinajstić information content (AvgIpc) is 2.94. The van der Waals surface area contributed by atoms with Crippen LogP contribution >= 0.6 is 0 Å². The van der Waals surface area contributed by atoms with E-state index in [9.17, 15) is 13.2 Å². The smallest absolute Gasteiger partial charge is 0.309 e. The fraction of sp³-hybridized carbons (Fsp3) is 0.385. The zero-order valence-electron chi connectivity index (χ0n) is 12.2. The molecule has 0 aliphatic heterocycles. The van der Waals surface area contributed by atoms with Gasteiger partial charge in [-0.2, -0.15) is 4.68 Å². The van der Waals surface area contributed by atoms with Gasteiger partial charge < -0.3 is 4.74 Å². The Bertz CT molecular complexity index is 742. The molecule has 0 unspecified atom stereocenters. The van der Waals surface area contributed by atoms with Gasteiger partial charge in [-0.05, 0) is 22.6 Å². The molecule has 0 N–H and O–H groups in total. The first-order valence-corrected chi connectivity index (χ1v) is 8.36. The highest BCUT2D eigenvalue weighted by molar-refractivity contribution is 7.90. The second-order valence-corrected chi connectivity index (χ2v) is 6.93. The highest BCUT2D eigenvalue weighted by Gasteiger charge is 2.25. The number of sulfone groups is 1. The number of tetrazole rings is 1. The van der Waals surface area contributed by atoms with E-state index in [0.717, 1.165) is 0 Å². The van der Waals surface area contributed by atoms with Gasteiger partial charge in [0.1, 0.15) is 5.75 Å². The molecule has 0 amide bonds. The lowest BCUT2D eigenvalue weighted by molar-refractivity contribution is -0.144. The monoisotopic (exact) mass is 324 g/mol. The molecule has 118 valence electrons. The molecular formula is C13H16N4O4S. The average molecular weight is 324 g/mol. The zero-order chi connectivity index (χ0) is 16.2. The molecule has 22 heavy (non-hydrogen) atoms. The normalized spacial score (nSPS) is 12.8. The summed E-state index contributed by atoms with van der Waals surface area (Å²) in [7, 11) is -2.33. The van der Waals surface area contributed by atoms with E-state index < -0.39 is 21.7 Å². The van der Waals surface area contributed by atoms with E-state index >= 15 is 0 Å². The fourth-order valence-corrected chi connectivity index (χ4v) is 3.56. The van der Waals surface area contributed by atoms with Crippen molar-refractivity contribution in [3.05, 3.63) is 36.2 Å². The fourth-order valence-electron chi connectivity index (χ4n) is 1.97. The summed E-state index contributed by atoms with van der Waals surface area (Å²) in [5.41, 5.74) is 0.665. The Hall–Kier alpha value is -2.29. The van der Waals surface area contributed by atoms with Crippen molar-refractivity contribution < 1.29 is 17.9 Å². The Labute approximate surface area is 128 Å². The second kappa shape index (κ2) is 6.65. The molecule has 0 spiro atoms. The van der Waals surface area contributed by atoms with Crippen molar-refractivity contribution in [1.29, 1.82) is 0 Å². The van der Waals surface area contributed by atoms with Gasteiger partial charge in [-0.3, -0.25) is 4.79 Å². The van der Waals surface area contributed by atoms with Gasteiger partial charge in [0.05, 0.1) is 24.5 Å². The Balaban J connectivity index is 2.18. The first kappa shape index (κ1) is 16.1. The van der Waals surface area contributed by atoms with E-state index in [0.29, 0.717) is 5.69 Å². The van der Waals surface area contributed by atoms with E-state index in [4.69, 9.17) is 0 Å². The third-order valence-electron chi connectivity index (χ3n) is 2.99. The third kappa shape index (κ3) is 3.88. The van der Waals surface area contributed by atoms with Crippen molar-refractivity contribution in [1.82, 2.24) is 20.2 Å². The number of hydrogen-bond donors (Lipinski definition) is 0. The summed E-state index contributed by atoms with van der Waals surface area (Å²) in [5, 5.41) is 11.1. The summed E-state index contributed by atoms with van der Waals surface area (Å²) >= 11 is 0. The predicted molar refractivity (Wildman–Crippen MR) is 77.8 cm³/mol. The summed E-state index contributed by atoms with van der Waals surface area (Å²) in [6, 6.07) is 8.97. The molecule has 0 aliphatic carbocycles. The largest absolute Gasteiger partial charge is 0.469 e. The molecule has 0 saturated heterocycles.